The van der Waals surface area contributed by atoms with Crippen LogP contribution in [0.2, 0.25) is 5.02 Å². The van der Waals surface area contributed by atoms with E-state index in [4.69, 9.17) is 11.6 Å². The van der Waals surface area contributed by atoms with E-state index < -0.39 is 0 Å². The fourth-order valence-corrected chi connectivity index (χ4v) is 1.95. The Labute approximate surface area is 93.5 Å². The number of benzene rings is 1. The third-order valence-corrected chi connectivity index (χ3v) is 3.06. The first-order valence-electron chi connectivity index (χ1n) is 4.77. The first kappa shape index (κ1) is 10.2. The van der Waals surface area contributed by atoms with Crippen molar-refractivity contribution >= 4 is 28.3 Å². The Morgan fingerprint density at radius 2 is 2.07 bits per heavy atom. The number of rotatable bonds is 1. The highest BCUT2D eigenvalue weighted by Crippen LogP contribution is 2.27. The second kappa shape index (κ2) is 3.38. The second-order valence-corrected chi connectivity index (χ2v) is 4.24. The van der Waals surface area contributed by atoms with Crippen LogP contribution in [0, 0.1) is 6.92 Å². The summed E-state index contributed by atoms with van der Waals surface area (Å²) in [5.41, 5.74) is 2.75. The summed E-state index contributed by atoms with van der Waals surface area (Å²) in [6.45, 7) is 3.53. The minimum Gasteiger partial charge on any atom is -0.350 e. The number of ketones is 1. The zero-order chi connectivity index (χ0) is 11.2. The van der Waals surface area contributed by atoms with Crippen molar-refractivity contribution in [1.82, 2.24) is 4.57 Å². The highest BCUT2D eigenvalue weighted by molar-refractivity contribution is 6.32. The molecule has 0 aliphatic carbocycles. The van der Waals surface area contributed by atoms with E-state index in [0.717, 1.165) is 27.1 Å². The summed E-state index contributed by atoms with van der Waals surface area (Å²) >= 11 is 6.05. The predicted molar refractivity (Wildman–Crippen MR) is 62.7 cm³/mol. The van der Waals surface area contributed by atoms with Crippen LogP contribution in [0.4, 0.5) is 0 Å². The van der Waals surface area contributed by atoms with E-state index in [2.05, 4.69) is 0 Å². The number of hydrogen-bond donors (Lipinski definition) is 0. The monoisotopic (exact) mass is 221 g/mol. The van der Waals surface area contributed by atoms with E-state index in [-0.39, 0.29) is 5.78 Å². The third-order valence-electron chi connectivity index (χ3n) is 2.65. The van der Waals surface area contributed by atoms with E-state index in [0.29, 0.717) is 0 Å². The summed E-state index contributed by atoms with van der Waals surface area (Å²) in [5.74, 6) is 0.0855. The smallest absolute Gasteiger partial charge is 0.161 e. The largest absolute Gasteiger partial charge is 0.350 e. The maximum Gasteiger partial charge on any atom is 0.161 e. The zero-order valence-electron chi connectivity index (χ0n) is 8.97. The lowest BCUT2D eigenvalue weighted by Gasteiger charge is -2.00. The van der Waals surface area contributed by atoms with E-state index in [1.54, 1.807) is 6.92 Å². The summed E-state index contributed by atoms with van der Waals surface area (Å²) in [6.07, 6.45) is 1.85. The molecule has 0 aliphatic rings. The molecule has 0 fully saturated rings. The van der Waals surface area contributed by atoms with Gasteiger partial charge in [-0.15, -0.1) is 0 Å². The summed E-state index contributed by atoms with van der Waals surface area (Å²) in [4.78, 5) is 11.4. The topological polar surface area (TPSA) is 22.0 Å². The Hall–Kier alpha value is -1.28. The maximum absolute atomic E-state index is 11.4. The highest BCUT2D eigenvalue weighted by Gasteiger charge is 2.11. The van der Waals surface area contributed by atoms with Crippen LogP contribution in [0.1, 0.15) is 22.8 Å². The van der Waals surface area contributed by atoms with Crippen molar-refractivity contribution in [2.75, 3.05) is 0 Å². The summed E-state index contributed by atoms with van der Waals surface area (Å²) in [7, 11) is 1.92. The van der Waals surface area contributed by atoms with Crippen LogP contribution in [0.3, 0.4) is 0 Å². The summed E-state index contributed by atoms with van der Waals surface area (Å²) < 4.78 is 1.93. The fourth-order valence-electron chi connectivity index (χ4n) is 1.79. The lowest BCUT2D eigenvalue weighted by molar-refractivity contribution is 0.101. The molecule has 1 heterocycles. The number of aryl methyl sites for hydroxylation is 2. The normalized spacial score (nSPS) is 10.9. The lowest BCUT2D eigenvalue weighted by atomic mass is 10.1. The molecule has 0 radical (unpaired) electrons. The molecule has 2 aromatic rings. The van der Waals surface area contributed by atoms with Crippen LogP contribution in [-0.4, -0.2) is 10.4 Å². The molecule has 2 rings (SSSR count). The van der Waals surface area contributed by atoms with Gasteiger partial charge in [0.25, 0.3) is 0 Å². The Morgan fingerprint density at radius 1 is 1.40 bits per heavy atom. The molecule has 15 heavy (non-hydrogen) atoms. The molecule has 0 saturated heterocycles. The molecule has 0 unspecified atom stereocenters. The Balaban J connectivity index is 2.88. The van der Waals surface area contributed by atoms with Gasteiger partial charge in [0.2, 0.25) is 0 Å². The number of aromatic nitrogens is 1. The van der Waals surface area contributed by atoms with Gasteiger partial charge in [-0.25, -0.2) is 0 Å². The van der Waals surface area contributed by atoms with E-state index in [1.807, 2.05) is 36.9 Å². The predicted octanol–water partition coefficient (Wildman–Crippen LogP) is 3.34. The second-order valence-electron chi connectivity index (χ2n) is 3.83. The summed E-state index contributed by atoms with van der Waals surface area (Å²) in [6, 6.07) is 3.87. The first-order chi connectivity index (χ1) is 7.00. The Kier molecular flexibility index (Phi) is 2.31. The molecular weight excluding hydrogens is 210 g/mol. The number of nitrogens with zero attached hydrogens (tertiary/aromatic N) is 1. The number of carbonyl (C=O) groups excluding carboxylic acids is 1. The summed E-state index contributed by atoms with van der Waals surface area (Å²) in [5, 5.41) is 1.71. The van der Waals surface area contributed by atoms with Crippen molar-refractivity contribution in [2.24, 2.45) is 7.05 Å². The minimum atomic E-state index is 0.0855. The number of carbonyl (C=O) groups is 1. The zero-order valence-corrected chi connectivity index (χ0v) is 9.72. The third kappa shape index (κ3) is 1.55. The molecule has 0 spiro atoms. The Bertz CT molecular complexity index is 554. The van der Waals surface area contributed by atoms with Crippen LogP contribution in [0.5, 0.6) is 0 Å². The molecule has 1 aromatic carbocycles. The quantitative estimate of drug-likeness (QED) is 0.677. The van der Waals surface area contributed by atoms with Crippen molar-refractivity contribution in [3.8, 4) is 0 Å². The van der Waals surface area contributed by atoms with Crippen LogP contribution in [-0.2, 0) is 7.05 Å². The maximum atomic E-state index is 11.4. The van der Waals surface area contributed by atoms with Gasteiger partial charge in [0.1, 0.15) is 0 Å². The number of halogens is 1. The van der Waals surface area contributed by atoms with Crippen molar-refractivity contribution in [3.63, 3.8) is 0 Å². The number of hydrogen-bond acceptors (Lipinski definition) is 1. The van der Waals surface area contributed by atoms with Gasteiger partial charge >= 0.3 is 0 Å². The van der Waals surface area contributed by atoms with Crippen molar-refractivity contribution < 1.29 is 4.79 Å². The number of Topliss-reactive ketones (excluding diaryl/α,β-unsaturated/α-hetero) is 1. The van der Waals surface area contributed by atoms with Gasteiger partial charge in [-0.2, -0.15) is 0 Å². The fraction of sp³-hybridized carbons (Fsp3) is 0.250. The Morgan fingerprint density at radius 3 is 2.67 bits per heavy atom. The molecule has 3 heteroatoms. The average Bonchev–Trinajstić information content (AvgIpc) is 2.45. The van der Waals surface area contributed by atoms with E-state index in [9.17, 15) is 4.79 Å². The van der Waals surface area contributed by atoms with E-state index in [1.165, 1.54) is 0 Å². The molecule has 0 saturated carbocycles. The van der Waals surface area contributed by atoms with Gasteiger partial charge in [0.15, 0.2) is 5.78 Å². The van der Waals surface area contributed by atoms with Gasteiger partial charge < -0.3 is 4.57 Å². The average molecular weight is 222 g/mol. The molecule has 0 bridgehead atoms. The van der Waals surface area contributed by atoms with Crippen LogP contribution >= 0.6 is 11.6 Å². The molecule has 78 valence electrons. The first-order valence-corrected chi connectivity index (χ1v) is 5.14. The molecule has 0 atom stereocenters. The molecule has 0 aliphatic heterocycles. The lowest BCUT2D eigenvalue weighted by Crippen LogP contribution is -1.89. The van der Waals surface area contributed by atoms with Crippen molar-refractivity contribution in [3.05, 3.63) is 34.5 Å². The standard InChI is InChI=1S/C12H12ClNO/c1-7-4-9-10(8(2)15)6-14(3)12(9)5-11(7)13/h4-6H,1-3H3. The van der Waals surface area contributed by atoms with Crippen molar-refractivity contribution in [1.29, 1.82) is 0 Å². The molecule has 2 nitrogen and oxygen atoms in total. The SMILES string of the molecule is CC(=O)c1cn(C)c2cc(Cl)c(C)cc12. The van der Waals surface area contributed by atoms with Gasteiger partial charge in [-0.05, 0) is 31.5 Å². The van der Waals surface area contributed by atoms with Gasteiger partial charge in [-0.3, -0.25) is 4.79 Å². The number of fused-ring (bicyclic) bond motifs is 1. The van der Waals surface area contributed by atoms with Crippen LogP contribution < -0.4 is 0 Å². The van der Waals surface area contributed by atoms with Crippen LogP contribution in [0.25, 0.3) is 10.9 Å². The molecular formula is C12H12ClNO. The molecule has 0 amide bonds. The minimum absolute atomic E-state index is 0.0855. The van der Waals surface area contributed by atoms with Gasteiger partial charge in [0, 0.05) is 34.7 Å². The van der Waals surface area contributed by atoms with Gasteiger partial charge in [-0.1, -0.05) is 11.6 Å². The molecule has 1 aromatic heterocycles. The van der Waals surface area contributed by atoms with E-state index >= 15 is 0 Å². The molecule has 0 N–H and O–H groups in total. The highest BCUT2D eigenvalue weighted by atomic mass is 35.5. The van der Waals surface area contributed by atoms with Crippen LogP contribution in [0.15, 0.2) is 18.3 Å². The van der Waals surface area contributed by atoms with Gasteiger partial charge in [0.05, 0.1) is 0 Å². The van der Waals surface area contributed by atoms with Crippen molar-refractivity contribution in [2.45, 2.75) is 13.8 Å².